The SMILES string of the molecule is O=C(O)C1CN(S(=O)(=O)c2ccc(OCC(F)(F)F)nc2)CCO1. The second-order valence-electron chi connectivity index (χ2n) is 4.80. The van der Waals surface area contributed by atoms with Crippen LogP contribution in [0.15, 0.2) is 23.2 Å². The van der Waals surface area contributed by atoms with E-state index in [0.29, 0.717) is 0 Å². The Labute approximate surface area is 134 Å². The lowest BCUT2D eigenvalue weighted by Crippen LogP contribution is -2.48. The van der Waals surface area contributed by atoms with Crippen molar-refractivity contribution in [2.45, 2.75) is 17.2 Å². The molecule has 2 rings (SSSR count). The molecule has 0 radical (unpaired) electrons. The molecule has 1 unspecified atom stereocenters. The van der Waals surface area contributed by atoms with Gasteiger partial charge in [-0.05, 0) is 6.07 Å². The van der Waals surface area contributed by atoms with Gasteiger partial charge in [0.2, 0.25) is 15.9 Å². The van der Waals surface area contributed by atoms with Crippen LogP contribution in [-0.2, 0) is 19.6 Å². The minimum absolute atomic E-state index is 0.0432. The quantitative estimate of drug-likeness (QED) is 0.804. The fraction of sp³-hybridized carbons (Fsp3) is 0.500. The zero-order chi connectivity index (χ0) is 18.0. The van der Waals surface area contributed by atoms with Crippen LogP contribution in [0, 0.1) is 0 Å². The number of alkyl halides is 3. The highest BCUT2D eigenvalue weighted by molar-refractivity contribution is 7.89. The van der Waals surface area contributed by atoms with E-state index < -0.39 is 34.9 Å². The van der Waals surface area contributed by atoms with E-state index in [1.165, 1.54) is 0 Å². The molecule has 1 N–H and O–H groups in total. The fourth-order valence-electron chi connectivity index (χ4n) is 1.90. The number of aliphatic carboxylic acids is 1. The highest BCUT2D eigenvalue weighted by Gasteiger charge is 2.34. The number of nitrogens with zero attached hydrogens (tertiary/aromatic N) is 2. The summed E-state index contributed by atoms with van der Waals surface area (Å²) in [6.07, 6.45) is -4.96. The van der Waals surface area contributed by atoms with Crippen molar-refractivity contribution < 1.29 is 41.0 Å². The van der Waals surface area contributed by atoms with Crippen LogP contribution < -0.4 is 4.74 Å². The lowest BCUT2D eigenvalue weighted by atomic mass is 10.3. The van der Waals surface area contributed by atoms with E-state index in [4.69, 9.17) is 9.84 Å². The Balaban J connectivity index is 2.10. The minimum Gasteiger partial charge on any atom is -0.479 e. The highest BCUT2D eigenvalue weighted by Crippen LogP contribution is 2.21. The zero-order valence-corrected chi connectivity index (χ0v) is 12.9. The lowest BCUT2D eigenvalue weighted by molar-refractivity contribution is -0.154. The van der Waals surface area contributed by atoms with E-state index in [-0.39, 0.29) is 30.5 Å². The van der Waals surface area contributed by atoms with Gasteiger partial charge in [0.1, 0.15) is 4.90 Å². The molecule has 0 bridgehead atoms. The largest absolute Gasteiger partial charge is 0.479 e. The first-order chi connectivity index (χ1) is 11.1. The van der Waals surface area contributed by atoms with Gasteiger partial charge in [-0.3, -0.25) is 0 Å². The number of rotatable bonds is 5. The van der Waals surface area contributed by atoms with E-state index in [2.05, 4.69) is 9.72 Å². The molecule has 1 aromatic rings. The normalized spacial score (nSPS) is 19.9. The van der Waals surface area contributed by atoms with Gasteiger partial charge >= 0.3 is 12.1 Å². The molecule has 1 saturated heterocycles. The van der Waals surface area contributed by atoms with Gasteiger partial charge in [-0.1, -0.05) is 0 Å². The van der Waals surface area contributed by atoms with E-state index in [1.807, 2.05) is 0 Å². The smallest absolute Gasteiger partial charge is 0.422 e. The van der Waals surface area contributed by atoms with Crippen LogP contribution >= 0.6 is 0 Å². The second-order valence-corrected chi connectivity index (χ2v) is 6.73. The molecule has 0 saturated carbocycles. The number of halogens is 3. The molecule has 1 atom stereocenters. The number of hydrogen-bond acceptors (Lipinski definition) is 6. The molecular formula is C12H13F3N2O6S. The number of sulfonamides is 1. The first-order valence-electron chi connectivity index (χ1n) is 6.60. The molecule has 134 valence electrons. The third-order valence-electron chi connectivity index (χ3n) is 3.04. The maximum absolute atomic E-state index is 12.4. The summed E-state index contributed by atoms with van der Waals surface area (Å²) in [5.74, 6) is -1.67. The van der Waals surface area contributed by atoms with Crippen molar-refractivity contribution in [2.24, 2.45) is 0 Å². The van der Waals surface area contributed by atoms with Crippen LogP contribution in [0.5, 0.6) is 5.88 Å². The van der Waals surface area contributed by atoms with Crippen LogP contribution in [-0.4, -0.2) is 67.4 Å². The van der Waals surface area contributed by atoms with Crippen LogP contribution in [0.25, 0.3) is 0 Å². The van der Waals surface area contributed by atoms with Crippen molar-refractivity contribution in [1.29, 1.82) is 0 Å². The van der Waals surface area contributed by atoms with Crippen molar-refractivity contribution in [3.8, 4) is 5.88 Å². The number of hydrogen-bond donors (Lipinski definition) is 1. The minimum atomic E-state index is -4.54. The van der Waals surface area contributed by atoms with Crippen LogP contribution in [0.1, 0.15) is 0 Å². The average Bonchev–Trinajstić information content (AvgIpc) is 2.53. The molecule has 1 aromatic heterocycles. The summed E-state index contributed by atoms with van der Waals surface area (Å²) in [7, 11) is -4.04. The standard InChI is InChI=1S/C12H13F3N2O6S/c13-12(14,15)7-23-10-2-1-8(5-16-10)24(20,21)17-3-4-22-9(6-17)11(18)19/h1-2,5,9H,3-4,6-7H2,(H,18,19). The summed E-state index contributed by atoms with van der Waals surface area (Å²) >= 11 is 0. The number of aromatic nitrogens is 1. The molecule has 1 aliphatic rings. The van der Waals surface area contributed by atoms with E-state index >= 15 is 0 Å². The molecule has 0 amide bonds. The number of carboxylic acids is 1. The van der Waals surface area contributed by atoms with Crippen molar-refractivity contribution in [1.82, 2.24) is 9.29 Å². The van der Waals surface area contributed by atoms with Crippen LogP contribution in [0.2, 0.25) is 0 Å². The molecule has 0 aliphatic carbocycles. The maximum atomic E-state index is 12.4. The Kier molecular flexibility index (Phi) is 5.30. The van der Waals surface area contributed by atoms with Crippen LogP contribution in [0.4, 0.5) is 13.2 Å². The van der Waals surface area contributed by atoms with Gasteiger partial charge in [0.15, 0.2) is 12.7 Å². The van der Waals surface area contributed by atoms with Gasteiger partial charge in [0, 0.05) is 12.6 Å². The van der Waals surface area contributed by atoms with Crippen molar-refractivity contribution in [3.05, 3.63) is 18.3 Å². The van der Waals surface area contributed by atoms with E-state index in [1.54, 1.807) is 0 Å². The maximum Gasteiger partial charge on any atom is 0.422 e. The number of ether oxygens (including phenoxy) is 2. The van der Waals surface area contributed by atoms with Gasteiger partial charge in [-0.25, -0.2) is 18.2 Å². The third kappa shape index (κ3) is 4.55. The molecule has 0 aromatic carbocycles. The molecular weight excluding hydrogens is 357 g/mol. The van der Waals surface area contributed by atoms with Crippen molar-refractivity contribution in [2.75, 3.05) is 26.3 Å². The first-order valence-corrected chi connectivity index (χ1v) is 8.04. The first kappa shape index (κ1) is 18.4. The van der Waals surface area contributed by atoms with Gasteiger partial charge in [-0.2, -0.15) is 17.5 Å². The second kappa shape index (κ2) is 6.91. The molecule has 1 aliphatic heterocycles. The predicted octanol–water partition coefficient (Wildman–Crippen LogP) is 0.497. The summed E-state index contributed by atoms with van der Waals surface area (Å²) in [6.45, 7) is -2.05. The van der Waals surface area contributed by atoms with E-state index in [0.717, 1.165) is 22.6 Å². The van der Waals surface area contributed by atoms with Crippen molar-refractivity contribution >= 4 is 16.0 Å². The molecule has 0 spiro atoms. The third-order valence-corrected chi connectivity index (χ3v) is 4.88. The Bertz CT molecular complexity index is 692. The Morgan fingerprint density at radius 1 is 1.46 bits per heavy atom. The number of carbonyl (C=O) groups is 1. The predicted molar refractivity (Wildman–Crippen MR) is 71.9 cm³/mol. The van der Waals surface area contributed by atoms with Crippen molar-refractivity contribution in [3.63, 3.8) is 0 Å². The fourth-order valence-corrected chi connectivity index (χ4v) is 3.27. The number of morpholine rings is 1. The molecule has 1 fully saturated rings. The van der Waals surface area contributed by atoms with Gasteiger partial charge < -0.3 is 14.6 Å². The summed E-state index contributed by atoms with van der Waals surface area (Å²) in [6, 6.07) is 2.03. The number of pyridine rings is 1. The number of carboxylic acid groups (broad SMARTS) is 1. The molecule has 12 heteroatoms. The van der Waals surface area contributed by atoms with Gasteiger partial charge in [-0.15, -0.1) is 0 Å². The van der Waals surface area contributed by atoms with Gasteiger partial charge in [0.05, 0.1) is 19.3 Å². The molecule has 24 heavy (non-hydrogen) atoms. The Hall–Kier alpha value is -1.92. The zero-order valence-electron chi connectivity index (χ0n) is 12.1. The van der Waals surface area contributed by atoms with Gasteiger partial charge in [0.25, 0.3) is 0 Å². The topological polar surface area (TPSA) is 106 Å². The Morgan fingerprint density at radius 3 is 2.71 bits per heavy atom. The van der Waals surface area contributed by atoms with E-state index in [9.17, 15) is 26.4 Å². The molecule has 8 nitrogen and oxygen atoms in total. The summed E-state index contributed by atoms with van der Waals surface area (Å²) in [5.41, 5.74) is 0. The monoisotopic (exact) mass is 370 g/mol. The molecule has 2 heterocycles. The summed E-state index contributed by atoms with van der Waals surface area (Å²) < 4.78 is 71.2. The lowest BCUT2D eigenvalue weighted by Gasteiger charge is -2.29. The summed E-state index contributed by atoms with van der Waals surface area (Å²) in [5, 5.41) is 8.89. The average molecular weight is 370 g/mol. The summed E-state index contributed by atoms with van der Waals surface area (Å²) in [4.78, 5) is 14.1. The van der Waals surface area contributed by atoms with Crippen LogP contribution in [0.3, 0.4) is 0 Å². The highest BCUT2D eigenvalue weighted by atomic mass is 32.2. The Morgan fingerprint density at radius 2 is 2.17 bits per heavy atom.